The Morgan fingerprint density at radius 3 is 2.72 bits per heavy atom. The molecule has 0 unspecified atom stereocenters. The lowest BCUT2D eigenvalue weighted by Gasteiger charge is -2.05. The third kappa shape index (κ3) is 2.67. The van der Waals surface area contributed by atoms with Gasteiger partial charge in [0.2, 0.25) is 0 Å². The Morgan fingerprint density at radius 2 is 2.06 bits per heavy atom. The zero-order chi connectivity index (χ0) is 13.1. The molecule has 6 nitrogen and oxygen atoms in total. The number of carbonyl (C=O) groups is 1. The number of rotatable bonds is 2. The van der Waals surface area contributed by atoms with E-state index in [-0.39, 0.29) is 11.4 Å². The number of anilines is 2. The summed E-state index contributed by atoms with van der Waals surface area (Å²) in [4.78, 5) is 25.1. The Morgan fingerprint density at radius 1 is 1.28 bits per heavy atom. The summed E-state index contributed by atoms with van der Waals surface area (Å²) in [5.41, 5.74) is 6.12. The summed E-state index contributed by atoms with van der Waals surface area (Å²) in [6.45, 7) is 0. The number of aromatic hydroxyl groups is 1. The Labute approximate surface area is 102 Å². The fraction of sp³-hybridized carbons (Fsp3) is 0. The highest BCUT2D eigenvalue weighted by Crippen LogP contribution is 2.13. The summed E-state index contributed by atoms with van der Waals surface area (Å²) in [6.07, 6.45) is 0. The fourth-order valence-electron chi connectivity index (χ4n) is 1.48. The third-order valence-corrected chi connectivity index (χ3v) is 2.24. The second-order valence-electron chi connectivity index (χ2n) is 3.70. The molecule has 0 radical (unpaired) electrons. The van der Waals surface area contributed by atoms with E-state index in [2.05, 4.69) is 10.3 Å². The Balaban J connectivity index is 2.24. The molecule has 5 N–H and O–H groups in total. The number of hydrogen-bond donors (Lipinski definition) is 4. The molecule has 0 fully saturated rings. The van der Waals surface area contributed by atoms with Crippen molar-refractivity contribution >= 4 is 17.3 Å². The maximum Gasteiger partial charge on any atom is 0.256 e. The molecule has 1 heterocycles. The van der Waals surface area contributed by atoms with Crippen molar-refractivity contribution in [3.05, 3.63) is 52.3 Å². The maximum absolute atomic E-state index is 11.8. The summed E-state index contributed by atoms with van der Waals surface area (Å²) >= 11 is 0. The van der Waals surface area contributed by atoms with E-state index in [0.717, 1.165) is 6.07 Å². The van der Waals surface area contributed by atoms with Crippen molar-refractivity contribution < 1.29 is 9.90 Å². The molecule has 0 aliphatic rings. The minimum absolute atomic E-state index is 0.0682. The molecule has 0 spiro atoms. The van der Waals surface area contributed by atoms with Crippen molar-refractivity contribution in [1.82, 2.24) is 4.98 Å². The van der Waals surface area contributed by atoms with Crippen LogP contribution in [0.2, 0.25) is 0 Å². The van der Waals surface area contributed by atoms with Crippen LogP contribution >= 0.6 is 0 Å². The predicted molar refractivity (Wildman–Crippen MR) is 67.5 cm³/mol. The van der Waals surface area contributed by atoms with E-state index >= 15 is 0 Å². The molecular weight excluding hydrogens is 234 g/mol. The van der Waals surface area contributed by atoms with Crippen LogP contribution in [-0.2, 0) is 0 Å². The van der Waals surface area contributed by atoms with Crippen LogP contribution in [0.25, 0.3) is 0 Å². The summed E-state index contributed by atoms with van der Waals surface area (Å²) < 4.78 is 0. The number of aromatic nitrogens is 1. The molecule has 2 rings (SSSR count). The molecule has 18 heavy (non-hydrogen) atoms. The van der Waals surface area contributed by atoms with Crippen molar-refractivity contribution in [1.29, 1.82) is 0 Å². The largest absolute Gasteiger partial charge is 0.494 e. The molecule has 0 saturated carbocycles. The molecule has 0 aliphatic heterocycles. The van der Waals surface area contributed by atoms with Gasteiger partial charge in [0, 0.05) is 23.5 Å². The van der Waals surface area contributed by atoms with Gasteiger partial charge in [-0.15, -0.1) is 0 Å². The Kier molecular flexibility index (Phi) is 3.01. The SMILES string of the molecule is Nc1cccc(NC(=O)c2cc(O)[nH]c(=O)c2)c1. The lowest BCUT2D eigenvalue weighted by Crippen LogP contribution is -2.15. The molecule has 0 saturated heterocycles. The molecule has 6 heteroatoms. The fourth-order valence-corrected chi connectivity index (χ4v) is 1.48. The van der Waals surface area contributed by atoms with Crippen LogP contribution in [-0.4, -0.2) is 16.0 Å². The number of H-pyrrole nitrogens is 1. The minimum atomic E-state index is -0.548. The highest BCUT2D eigenvalue weighted by atomic mass is 16.3. The average molecular weight is 245 g/mol. The number of nitrogen functional groups attached to an aromatic ring is 1. The molecule has 0 atom stereocenters. The van der Waals surface area contributed by atoms with Crippen molar-refractivity contribution in [3.63, 3.8) is 0 Å². The summed E-state index contributed by atoms with van der Waals surface area (Å²) in [5, 5.41) is 11.8. The van der Waals surface area contributed by atoms with Gasteiger partial charge in [-0.05, 0) is 18.2 Å². The first kappa shape index (κ1) is 11.7. The second-order valence-corrected chi connectivity index (χ2v) is 3.70. The van der Waals surface area contributed by atoms with E-state index in [4.69, 9.17) is 5.73 Å². The molecule has 1 aromatic heterocycles. The maximum atomic E-state index is 11.8. The zero-order valence-corrected chi connectivity index (χ0v) is 9.31. The smallest absolute Gasteiger partial charge is 0.256 e. The monoisotopic (exact) mass is 245 g/mol. The molecule has 0 bridgehead atoms. The molecule has 0 aliphatic carbocycles. The van der Waals surface area contributed by atoms with Gasteiger partial charge in [0.15, 0.2) is 5.88 Å². The molecule has 1 aromatic carbocycles. The Bertz CT molecular complexity index is 649. The second kappa shape index (κ2) is 4.62. The van der Waals surface area contributed by atoms with Crippen LogP contribution < -0.4 is 16.6 Å². The first-order chi connectivity index (χ1) is 8.54. The lowest BCUT2D eigenvalue weighted by molar-refractivity contribution is 0.102. The van der Waals surface area contributed by atoms with E-state index in [1.807, 2.05) is 0 Å². The number of aromatic amines is 1. The van der Waals surface area contributed by atoms with Crippen molar-refractivity contribution in [2.45, 2.75) is 0 Å². The number of nitrogens with one attached hydrogen (secondary N) is 2. The van der Waals surface area contributed by atoms with Gasteiger partial charge < -0.3 is 16.2 Å². The van der Waals surface area contributed by atoms with E-state index in [1.54, 1.807) is 24.3 Å². The van der Waals surface area contributed by atoms with Gasteiger partial charge in [0.25, 0.3) is 11.5 Å². The lowest BCUT2D eigenvalue weighted by atomic mass is 10.2. The first-order valence-electron chi connectivity index (χ1n) is 5.15. The van der Waals surface area contributed by atoms with Crippen LogP contribution in [0.1, 0.15) is 10.4 Å². The Hall–Kier alpha value is -2.76. The number of pyridine rings is 1. The van der Waals surface area contributed by atoms with Crippen LogP contribution in [0.5, 0.6) is 5.88 Å². The van der Waals surface area contributed by atoms with Gasteiger partial charge in [-0.3, -0.25) is 14.6 Å². The van der Waals surface area contributed by atoms with Crippen molar-refractivity contribution in [3.8, 4) is 5.88 Å². The third-order valence-electron chi connectivity index (χ3n) is 2.24. The summed E-state index contributed by atoms with van der Waals surface area (Å²) in [7, 11) is 0. The molecular formula is C12H11N3O3. The zero-order valence-electron chi connectivity index (χ0n) is 9.31. The molecule has 2 aromatic rings. The van der Waals surface area contributed by atoms with Gasteiger partial charge in [-0.2, -0.15) is 0 Å². The topological polar surface area (TPSA) is 108 Å². The van der Waals surface area contributed by atoms with Gasteiger partial charge in [0.1, 0.15) is 0 Å². The van der Waals surface area contributed by atoms with Crippen molar-refractivity contribution in [2.75, 3.05) is 11.1 Å². The van der Waals surface area contributed by atoms with E-state index < -0.39 is 11.5 Å². The van der Waals surface area contributed by atoms with Gasteiger partial charge in [-0.1, -0.05) is 6.07 Å². The number of amides is 1. The molecule has 92 valence electrons. The van der Waals surface area contributed by atoms with E-state index in [9.17, 15) is 14.7 Å². The van der Waals surface area contributed by atoms with Gasteiger partial charge >= 0.3 is 0 Å². The summed E-state index contributed by atoms with van der Waals surface area (Å²) in [6, 6.07) is 8.91. The number of hydrogen-bond acceptors (Lipinski definition) is 4. The van der Waals surface area contributed by atoms with Crippen LogP contribution in [0.4, 0.5) is 11.4 Å². The van der Waals surface area contributed by atoms with Crippen molar-refractivity contribution in [2.24, 2.45) is 0 Å². The van der Waals surface area contributed by atoms with E-state index in [1.165, 1.54) is 6.07 Å². The standard InChI is InChI=1S/C12H11N3O3/c13-8-2-1-3-9(6-8)14-12(18)7-4-10(16)15-11(17)5-7/h1-6H,13H2,(H,14,18)(H2,15,16,17). The highest BCUT2D eigenvalue weighted by Gasteiger charge is 2.08. The van der Waals surface area contributed by atoms with E-state index in [0.29, 0.717) is 11.4 Å². The first-order valence-corrected chi connectivity index (χ1v) is 5.15. The number of nitrogens with two attached hydrogens (primary N) is 1. The minimum Gasteiger partial charge on any atom is -0.494 e. The highest BCUT2D eigenvalue weighted by molar-refractivity contribution is 6.04. The van der Waals surface area contributed by atoms with Gasteiger partial charge in [-0.25, -0.2) is 0 Å². The number of benzene rings is 1. The predicted octanol–water partition coefficient (Wildman–Crippen LogP) is 0.915. The van der Waals surface area contributed by atoms with Crippen LogP contribution in [0.3, 0.4) is 0 Å². The molecule has 1 amide bonds. The average Bonchev–Trinajstić information content (AvgIpc) is 2.27. The van der Waals surface area contributed by atoms with Gasteiger partial charge in [0.05, 0.1) is 5.56 Å². The van der Waals surface area contributed by atoms with Crippen LogP contribution in [0, 0.1) is 0 Å². The number of carbonyl (C=O) groups excluding carboxylic acids is 1. The quantitative estimate of drug-likeness (QED) is 0.590. The van der Waals surface area contributed by atoms with Crippen LogP contribution in [0.15, 0.2) is 41.2 Å². The summed E-state index contributed by atoms with van der Waals surface area (Å²) in [5.74, 6) is -0.859. The normalized spacial score (nSPS) is 10.0.